The molecule has 0 amide bonds. The second kappa shape index (κ2) is 3.09. The van der Waals surface area contributed by atoms with E-state index in [1.807, 2.05) is 6.92 Å². The summed E-state index contributed by atoms with van der Waals surface area (Å²) in [5.41, 5.74) is 5.24. The summed E-state index contributed by atoms with van der Waals surface area (Å²) in [6.07, 6.45) is 1.13. The molecule has 3 N–H and O–H groups in total. The fourth-order valence-electron chi connectivity index (χ4n) is 0.648. The zero-order valence-corrected chi connectivity index (χ0v) is 6.56. The van der Waals surface area contributed by atoms with E-state index < -0.39 is 6.10 Å². The molecule has 4 heteroatoms. The van der Waals surface area contributed by atoms with Gasteiger partial charge in [0.2, 0.25) is 0 Å². The molecule has 1 heterocycles. The third-order valence-corrected chi connectivity index (χ3v) is 2.20. The van der Waals surface area contributed by atoms with Crippen LogP contribution in [0.15, 0.2) is 6.20 Å². The van der Waals surface area contributed by atoms with Crippen LogP contribution in [0.1, 0.15) is 16.0 Å². The van der Waals surface area contributed by atoms with Gasteiger partial charge in [-0.2, -0.15) is 0 Å². The average molecular weight is 158 g/mol. The number of hydrogen-bond donors (Lipinski definition) is 2. The van der Waals surface area contributed by atoms with Gasteiger partial charge in [-0.05, 0) is 6.92 Å². The summed E-state index contributed by atoms with van der Waals surface area (Å²) in [4.78, 5) is 4.84. The van der Waals surface area contributed by atoms with Crippen molar-refractivity contribution in [1.29, 1.82) is 0 Å². The van der Waals surface area contributed by atoms with E-state index in [1.165, 1.54) is 11.3 Å². The maximum atomic E-state index is 9.19. The SMILES string of the molecule is Cc1ncc(C(O)CN)s1. The number of hydrogen-bond acceptors (Lipinski definition) is 4. The Morgan fingerprint density at radius 1 is 1.90 bits per heavy atom. The van der Waals surface area contributed by atoms with Gasteiger partial charge in [-0.15, -0.1) is 11.3 Å². The predicted molar refractivity (Wildman–Crippen MR) is 40.9 cm³/mol. The van der Waals surface area contributed by atoms with E-state index in [0.29, 0.717) is 0 Å². The van der Waals surface area contributed by atoms with Crippen molar-refractivity contribution < 1.29 is 5.11 Å². The van der Waals surface area contributed by atoms with Crippen molar-refractivity contribution >= 4 is 11.3 Å². The van der Waals surface area contributed by atoms with Gasteiger partial charge in [-0.25, -0.2) is 4.98 Å². The van der Waals surface area contributed by atoms with Gasteiger partial charge in [0.1, 0.15) is 6.10 Å². The summed E-state index contributed by atoms with van der Waals surface area (Å²) in [7, 11) is 0. The monoisotopic (exact) mass is 158 g/mol. The summed E-state index contributed by atoms with van der Waals surface area (Å²) >= 11 is 1.48. The third-order valence-electron chi connectivity index (χ3n) is 1.19. The van der Waals surface area contributed by atoms with Gasteiger partial charge in [-0.1, -0.05) is 0 Å². The molecule has 1 aromatic rings. The highest BCUT2D eigenvalue weighted by molar-refractivity contribution is 7.11. The van der Waals surface area contributed by atoms with Gasteiger partial charge in [0.15, 0.2) is 0 Å². The number of aromatic nitrogens is 1. The molecule has 0 bridgehead atoms. The molecule has 0 saturated carbocycles. The fraction of sp³-hybridized carbons (Fsp3) is 0.500. The lowest BCUT2D eigenvalue weighted by molar-refractivity contribution is 0.190. The van der Waals surface area contributed by atoms with E-state index in [-0.39, 0.29) is 6.54 Å². The first-order valence-corrected chi connectivity index (χ1v) is 3.86. The van der Waals surface area contributed by atoms with Gasteiger partial charge < -0.3 is 10.8 Å². The van der Waals surface area contributed by atoms with E-state index in [4.69, 9.17) is 5.73 Å². The Morgan fingerprint density at radius 2 is 2.60 bits per heavy atom. The van der Waals surface area contributed by atoms with Crippen LogP contribution >= 0.6 is 11.3 Å². The van der Waals surface area contributed by atoms with Crippen LogP contribution in [0, 0.1) is 6.92 Å². The van der Waals surface area contributed by atoms with Crippen LogP contribution in [0.5, 0.6) is 0 Å². The second-order valence-corrected chi connectivity index (χ2v) is 3.30. The first-order valence-electron chi connectivity index (χ1n) is 3.04. The minimum atomic E-state index is -0.536. The Hall–Kier alpha value is -0.450. The van der Waals surface area contributed by atoms with E-state index in [0.717, 1.165) is 9.88 Å². The highest BCUT2D eigenvalue weighted by atomic mass is 32.1. The highest BCUT2D eigenvalue weighted by Gasteiger charge is 2.06. The summed E-state index contributed by atoms with van der Waals surface area (Å²) in [6, 6.07) is 0. The molecule has 0 spiro atoms. The van der Waals surface area contributed by atoms with Crippen molar-refractivity contribution in [2.45, 2.75) is 13.0 Å². The number of rotatable bonds is 2. The summed E-state index contributed by atoms with van der Waals surface area (Å²) < 4.78 is 0. The van der Waals surface area contributed by atoms with Gasteiger partial charge in [0.25, 0.3) is 0 Å². The molecule has 0 aliphatic heterocycles. The molecule has 1 aromatic heterocycles. The van der Waals surface area contributed by atoms with E-state index >= 15 is 0 Å². The van der Waals surface area contributed by atoms with Gasteiger partial charge in [-0.3, -0.25) is 0 Å². The summed E-state index contributed by atoms with van der Waals surface area (Å²) in [6.45, 7) is 2.17. The predicted octanol–water partition coefficient (Wildman–Crippen LogP) is 0.444. The standard InChI is InChI=1S/C6H10N2OS/c1-4-8-3-6(10-4)5(9)2-7/h3,5,9H,2,7H2,1H3. The Morgan fingerprint density at radius 3 is 3.00 bits per heavy atom. The molecular formula is C6H10N2OS. The molecule has 10 heavy (non-hydrogen) atoms. The quantitative estimate of drug-likeness (QED) is 0.656. The first-order chi connectivity index (χ1) is 4.74. The maximum Gasteiger partial charge on any atom is 0.102 e. The molecule has 1 rings (SSSR count). The molecule has 0 aliphatic carbocycles. The second-order valence-electron chi connectivity index (χ2n) is 2.03. The van der Waals surface area contributed by atoms with Crippen LogP contribution in [0.4, 0.5) is 0 Å². The molecule has 0 aromatic carbocycles. The smallest absolute Gasteiger partial charge is 0.102 e. The molecule has 0 fully saturated rings. The van der Waals surface area contributed by atoms with Crippen molar-refractivity contribution in [2.24, 2.45) is 5.73 Å². The molecule has 0 radical (unpaired) electrons. The highest BCUT2D eigenvalue weighted by Crippen LogP contribution is 2.18. The molecule has 1 atom stereocenters. The Labute approximate surface area is 63.5 Å². The van der Waals surface area contributed by atoms with Crippen LogP contribution in [0.2, 0.25) is 0 Å². The zero-order valence-electron chi connectivity index (χ0n) is 5.74. The molecule has 56 valence electrons. The van der Waals surface area contributed by atoms with Gasteiger partial charge >= 0.3 is 0 Å². The number of nitrogens with zero attached hydrogens (tertiary/aromatic N) is 1. The number of aliphatic hydroxyl groups is 1. The molecule has 3 nitrogen and oxygen atoms in total. The third kappa shape index (κ3) is 1.53. The lowest BCUT2D eigenvalue weighted by atomic mass is 10.3. The average Bonchev–Trinajstić information content (AvgIpc) is 2.34. The largest absolute Gasteiger partial charge is 0.386 e. The number of aryl methyl sites for hydroxylation is 1. The van der Waals surface area contributed by atoms with E-state index in [1.54, 1.807) is 6.20 Å². The van der Waals surface area contributed by atoms with Crippen LogP contribution in [0.25, 0.3) is 0 Å². The van der Waals surface area contributed by atoms with Crippen molar-refractivity contribution in [3.8, 4) is 0 Å². The molecule has 1 unspecified atom stereocenters. The van der Waals surface area contributed by atoms with Gasteiger partial charge in [0, 0.05) is 12.7 Å². The molecule has 0 saturated heterocycles. The Bertz CT molecular complexity index is 211. The van der Waals surface area contributed by atoms with Crippen LogP contribution < -0.4 is 5.73 Å². The van der Waals surface area contributed by atoms with E-state index in [2.05, 4.69) is 4.98 Å². The lowest BCUT2D eigenvalue weighted by Crippen LogP contribution is -2.09. The minimum absolute atomic E-state index is 0.266. The van der Waals surface area contributed by atoms with E-state index in [9.17, 15) is 5.11 Å². The van der Waals surface area contributed by atoms with Crippen molar-refractivity contribution in [1.82, 2.24) is 4.98 Å². The summed E-state index contributed by atoms with van der Waals surface area (Å²) in [5.74, 6) is 0. The van der Waals surface area contributed by atoms with Crippen molar-refractivity contribution in [3.05, 3.63) is 16.1 Å². The minimum Gasteiger partial charge on any atom is -0.386 e. The summed E-state index contributed by atoms with van der Waals surface area (Å²) in [5, 5.41) is 10.1. The first kappa shape index (κ1) is 7.65. The Kier molecular flexibility index (Phi) is 2.37. The zero-order chi connectivity index (χ0) is 7.56. The normalized spacial score (nSPS) is 13.5. The van der Waals surface area contributed by atoms with Gasteiger partial charge in [0.05, 0.1) is 9.88 Å². The maximum absolute atomic E-state index is 9.19. The number of aliphatic hydroxyl groups excluding tert-OH is 1. The molecule has 0 aliphatic rings. The Balaban J connectivity index is 2.74. The topological polar surface area (TPSA) is 59.1 Å². The fourth-order valence-corrected chi connectivity index (χ4v) is 1.43. The van der Waals surface area contributed by atoms with Crippen molar-refractivity contribution in [2.75, 3.05) is 6.54 Å². The van der Waals surface area contributed by atoms with Crippen LogP contribution in [-0.2, 0) is 0 Å². The lowest BCUT2D eigenvalue weighted by Gasteiger charge is -2.00. The number of nitrogens with two attached hydrogens (primary N) is 1. The van der Waals surface area contributed by atoms with Crippen LogP contribution in [-0.4, -0.2) is 16.6 Å². The van der Waals surface area contributed by atoms with Crippen LogP contribution in [0.3, 0.4) is 0 Å². The number of thiazole rings is 1. The van der Waals surface area contributed by atoms with Crippen molar-refractivity contribution in [3.63, 3.8) is 0 Å². The molecular weight excluding hydrogens is 148 g/mol.